The summed E-state index contributed by atoms with van der Waals surface area (Å²) in [4.78, 5) is 15.8. The largest absolute Gasteiger partial charge is 0.383 e. The van der Waals surface area contributed by atoms with Gasteiger partial charge in [-0.05, 0) is 29.7 Å². The van der Waals surface area contributed by atoms with Gasteiger partial charge in [-0.15, -0.1) is 0 Å². The third-order valence-electron chi connectivity index (χ3n) is 4.70. The zero-order valence-corrected chi connectivity index (χ0v) is 15.9. The van der Waals surface area contributed by atoms with Crippen LogP contribution in [0.4, 0.5) is 11.6 Å². The van der Waals surface area contributed by atoms with E-state index >= 15 is 0 Å². The SMILES string of the molecule is C=C(C)c1cc(C#N)cnc1NCc1ccc(-c2c[nH]c3ncnc(N)c23)cc1. The van der Waals surface area contributed by atoms with Gasteiger partial charge in [-0.25, -0.2) is 15.0 Å². The Hall–Kier alpha value is -4.18. The predicted octanol–water partition coefficient (Wildman–Crippen LogP) is 4.12. The van der Waals surface area contributed by atoms with Crippen LogP contribution in [0, 0.1) is 11.3 Å². The number of nitrogen functional groups attached to an aromatic ring is 1. The first-order valence-electron chi connectivity index (χ1n) is 9.03. The quantitative estimate of drug-likeness (QED) is 0.479. The molecular weight excluding hydrogens is 362 g/mol. The molecule has 0 aliphatic rings. The van der Waals surface area contributed by atoms with E-state index < -0.39 is 0 Å². The van der Waals surface area contributed by atoms with E-state index in [9.17, 15) is 0 Å². The number of nitrogens with one attached hydrogen (secondary N) is 2. The van der Waals surface area contributed by atoms with E-state index in [1.54, 1.807) is 12.3 Å². The van der Waals surface area contributed by atoms with E-state index in [-0.39, 0.29) is 0 Å². The maximum atomic E-state index is 9.07. The van der Waals surface area contributed by atoms with Crippen LogP contribution in [0.1, 0.15) is 23.6 Å². The van der Waals surface area contributed by atoms with Crippen molar-refractivity contribution in [3.05, 3.63) is 72.3 Å². The summed E-state index contributed by atoms with van der Waals surface area (Å²) in [6.07, 6.45) is 4.90. The van der Waals surface area contributed by atoms with Gasteiger partial charge in [-0.3, -0.25) is 0 Å². The summed E-state index contributed by atoms with van der Waals surface area (Å²) in [6.45, 7) is 6.47. The summed E-state index contributed by atoms with van der Waals surface area (Å²) < 4.78 is 0. The van der Waals surface area contributed by atoms with Gasteiger partial charge in [0.15, 0.2) is 0 Å². The highest BCUT2D eigenvalue weighted by molar-refractivity contribution is 6.00. The van der Waals surface area contributed by atoms with Gasteiger partial charge < -0.3 is 16.0 Å². The molecule has 0 atom stereocenters. The van der Waals surface area contributed by atoms with E-state index in [0.29, 0.717) is 23.7 Å². The molecule has 3 heterocycles. The van der Waals surface area contributed by atoms with Crippen LogP contribution in [0.5, 0.6) is 0 Å². The van der Waals surface area contributed by atoms with Crippen molar-refractivity contribution >= 4 is 28.2 Å². The number of benzene rings is 1. The monoisotopic (exact) mass is 381 g/mol. The molecule has 0 aliphatic heterocycles. The lowest BCUT2D eigenvalue weighted by Crippen LogP contribution is -2.04. The Morgan fingerprint density at radius 3 is 2.76 bits per heavy atom. The van der Waals surface area contributed by atoms with Crippen LogP contribution in [-0.4, -0.2) is 19.9 Å². The lowest BCUT2D eigenvalue weighted by Gasteiger charge is -2.12. The van der Waals surface area contributed by atoms with Crippen LogP contribution in [0.2, 0.25) is 0 Å². The highest BCUT2D eigenvalue weighted by Gasteiger charge is 2.11. The van der Waals surface area contributed by atoms with Gasteiger partial charge in [0.2, 0.25) is 0 Å². The van der Waals surface area contributed by atoms with E-state index in [0.717, 1.165) is 38.9 Å². The topological polar surface area (TPSA) is 116 Å². The Kier molecular flexibility index (Phi) is 4.67. The minimum atomic E-state index is 0.455. The molecule has 7 nitrogen and oxygen atoms in total. The van der Waals surface area contributed by atoms with Crippen LogP contribution >= 0.6 is 0 Å². The summed E-state index contributed by atoms with van der Waals surface area (Å²) in [5.41, 5.74) is 12.0. The lowest BCUT2D eigenvalue weighted by atomic mass is 10.0. The van der Waals surface area contributed by atoms with Gasteiger partial charge in [0, 0.05) is 30.1 Å². The second kappa shape index (κ2) is 7.44. The van der Waals surface area contributed by atoms with Gasteiger partial charge >= 0.3 is 0 Å². The highest BCUT2D eigenvalue weighted by Crippen LogP contribution is 2.30. The number of nitrogens with zero attached hydrogens (tertiary/aromatic N) is 4. The van der Waals surface area contributed by atoms with Crippen molar-refractivity contribution in [2.75, 3.05) is 11.1 Å². The van der Waals surface area contributed by atoms with Gasteiger partial charge in [-0.1, -0.05) is 30.8 Å². The molecule has 0 bridgehead atoms. The Bertz CT molecular complexity index is 1250. The Labute approximate surface area is 168 Å². The van der Waals surface area contributed by atoms with E-state index in [1.165, 1.54) is 6.33 Å². The van der Waals surface area contributed by atoms with Crippen molar-refractivity contribution < 1.29 is 0 Å². The molecule has 0 fully saturated rings. The maximum Gasteiger partial charge on any atom is 0.143 e. The number of aromatic amines is 1. The average Bonchev–Trinajstić information content (AvgIpc) is 3.18. The van der Waals surface area contributed by atoms with Crippen LogP contribution in [0.25, 0.3) is 27.7 Å². The van der Waals surface area contributed by atoms with Crippen molar-refractivity contribution in [1.29, 1.82) is 5.26 Å². The van der Waals surface area contributed by atoms with E-state index in [2.05, 4.69) is 37.9 Å². The molecule has 0 spiro atoms. The number of aromatic nitrogens is 4. The fourth-order valence-corrected chi connectivity index (χ4v) is 3.19. The van der Waals surface area contributed by atoms with Gasteiger partial charge in [-0.2, -0.15) is 5.26 Å². The number of nitriles is 1. The van der Waals surface area contributed by atoms with Crippen LogP contribution < -0.4 is 11.1 Å². The molecule has 0 radical (unpaired) electrons. The number of allylic oxidation sites excluding steroid dienone is 1. The number of H-pyrrole nitrogens is 1. The molecule has 0 aliphatic carbocycles. The average molecular weight is 381 g/mol. The number of hydrogen-bond donors (Lipinski definition) is 3. The smallest absolute Gasteiger partial charge is 0.143 e. The van der Waals surface area contributed by atoms with Gasteiger partial charge in [0.1, 0.15) is 29.7 Å². The Morgan fingerprint density at radius 2 is 2.03 bits per heavy atom. The molecule has 4 aromatic rings. The molecule has 4 N–H and O–H groups in total. The second-order valence-corrected chi connectivity index (χ2v) is 6.75. The molecule has 4 rings (SSSR count). The Balaban J connectivity index is 1.55. The molecule has 0 saturated heterocycles. The molecule has 29 heavy (non-hydrogen) atoms. The zero-order valence-electron chi connectivity index (χ0n) is 15.9. The number of nitrogens with two attached hydrogens (primary N) is 1. The molecule has 3 aromatic heterocycles. The third kappa shape index (κ3) is 3.51. The molecule has 1 aromatic carbocycles. The van der Waals surface area contributed by atoms with Crippen molar-refractivity contribution in [3.63, 3.8) is 0 Å². The Morgan fingerprint density at radius 1 is 1.24 bits per heavy atom. The van der Waals surface area contributed by atoms with Crippen LogP contribution in [0.15, 0.2) is 55.6 Å². The maximum absolute atomic E-state index is 9.07. The normalized spacial score (nSPS) is 10.6. The number of hydrogen-bond acceptors (Lipinski definition) is 6. The summed E-state index contributed by atoms with van der Waals surface area (Å²) in [7, 11) is 0. The first-order valence-corrected chi connectivity index (χ1v) is 9.03. The zero-order chi connectivity index (χ0) is 20.4. The number of rotatable bonds is 5. The second-order valence-electron chi connectivity index (χ2n) is 6.75. The van der Waals surface area contributed by atoms with Gasteiger partial charge in [0.05, 0.1) is 10.9 Å². The molecule has 7 heteroatoms. The van der Waals surface area contributed by atoms with E-state index in [1.807, 2.05) is 37.4 Å². The minimum absolute atomic E-state index is 0.455. The van der Waals surface area contributed by atoms with Crippen molar-refractivity contribution in [1.82, 2.24) is 19.9 Å². The third-order valence-corrected chi connectivity index (χ3v) is 4.70. The van der Waals surface area contributed by atoms with Crippen LogP contribution in [0.3, 0.4) is 0 Å². The van der Waals surface area contributed by atoms with Crippen molar-refractivity contribution in [2.45, 2.75) is 13.5 Å². The summed E-state index contributed by atoms with van der Waals surface area (Å²) in [5, 5.41) is 13.2. The standard InChI is InChI=1S/C22H19N7/c1-13(2)17-7-15(8-23)10-26-21(17)25-9-14-3-5-16(6-4-14)18-11-27-22-19(18)20(24)28-12-29-22/h3-7,10-12H,1,9H2,2H3,(H,25,26)(H3,24,27,28,29). The summed E-state index contributed by atoms with van der Waals surface area (Å²) in [5.74, 6) is 1.17. The minimum Gasteiger partial charge on any atom is -0.383 e. The van der Waals surface area contributed by atoms with Gasteiger partial charge in [0.25, 0.3) is 0 Å². The fraction of sp³-hybridized carbons (Fsp3) is 0.0909. The van der Waals surface area contributed by atoms with Crippen molar-refractivity contribution in [2.24, 2.45) is 0 Å². The predicted molar refractivity (Wildman–Crippen MR) is 115 cm³/mol. The number of fused-ring (bicyclic) bond motifs is 1. The number of pyridine rings is 1. The first kappa shape index (κ1) is 18.2. The molecule has 0 unspecified atom stereocenters. The highest BCUT2D eigenvalue weighted by atomic mass is 15.0. The lowest BCUT2D eigenvalue weighted by molar-refractivity contribution is 1.10. The summed E-state index contributed by atoms with van der Waals surface area (Å²) >= 11 is 0. The molecular formula is C22H19N7. The van der Waals surface area contributed by atoms with E-state index in [4.69, 9.17) is 11.0 Å². The molecule has 0 saturated carbocycles. The van der Waals surface area contributed by atoms with Crippen molar-refractivity contribution in [3.8, 4) is 17.2 Å². The molecule has 0 amide bonds. The molecule has 142 valence electrons. The fourth-order valence-electron chi connectivity index (χ4n) is 3.19. The summed E-state index contributed by atoms with van der Waals surface area (Å²) in [6, 6.07) is 12.1. The first-order chi connectivity index (χ1) is 14.1. The number of anilines is 2. The van der Waals surface area contributed by atoms with Crippen LogP contribution in [-0.2, 0) is 6.54 Å².